The van der Waals surface area contributed by atoms with Gasteiger partial charge in [0.2, 0.25) is 0 Å². The number of hydrogen-bond donors (Lipinski definition) is 3. The fourth-order valence-electron chi connectivity index (χ4n) is 5.47. The number of H-pyrrole nitrogens is 1. The van der Waals surface area contributed by atoms with Crippen molar-refractivity contribution in [3.63, 3.8) is 0 Å². The summed E-state index contributed by atoms with van der Waals surface area (Å²) in [5, 5.41) is 22.9. The first kappa shape index (κ1) is 30.4. The molecular weight excluding hydrogens is 570 g/mol. The van der Waals surface area contributed by atoms with Crippen molar-refractivity contribution in [1.29, 1.82) is 0 Å². The van der Waals surface area contributed by atoms with E-state index in [1.807, 2.05) is 0 Å². The van der Waals surface area contributed by atoms with Crippen LogP contribution in [-0.2, 0) is 25.5 Å². The fourth-order valence-corrected chi connectivity index (χ4v) is 5.47. The third-order valence-corrected chi connectivity index (χ3v) is 7.62. The highest BCUT2D eigenvalue weighted by atomic mass is 16.6. The summed E-state index contributed by atoms with van der Waals surface area (Å²) in [6.07, 6.45) is 1.68. The number of carboxylic acid groups (broad SMARTS) is 1. The van der Waals surface area contributed by atoms with E-state index >= 15 is 0 Å². The van der Waals surface area contributed by atoms with Gasteiger partial charge in [0, 0.05) is 53.3 Å². The molecule has 0 spiro atoms. The van der Waals surface area contributed by atoms with Crippen molar-refractivity contribution in [2.24, 2.45) is 0 Å². The second-order valence-electron chi connectivity index (χ2n) is 11.6. The highest BCUT2D eigenvalue weighted by Crippen LogP contribution is 2.45. The molecule has 0 radical (unpaired) electrons. The predicted molar refractivity (Wildman–Crippen MR) is 160 cm³/mol. The van der Waals surface area contributed by atoms with E-state index in [4.69, 9.17) is 14.2 Å². The Morgan fingerprint density at radius 2 is 1.80 bits per heavy atom. The summed E-state index contributed by atoms with van der Waals surface area (Å²) in [5.74, 6) is -2.25. The molecule has 3 aromatic rings. The molecule has 44 heavy (non-hydrogen) atoms. The topological polar surface area (TPSA) is 159 Å². The number of amides is 1. The number of carbonyl (C=O) groups excluding carboxylic acids is 3. The van der Waals surface area contributed by atoms with Gasteiger partial charge in [0.15, 0.2) is 11.6 Å². The Kier molecular flexibility index (Phi) is 7.50. The van der Waals surface area contributed by atoms with E-state index in [-0.39, 0.29) is 23.4 Å². The normalized spacial score (nSPS) is 18.3. The van der Waals surface area contributed by atoms with Gasteiger partial charge in [0.25, 0.3) is 5.72 Å². The number of methoxy groups -OCH3 is 2. The Labute approximate surface area is 253 Å². The Hall–Kier alpha value is -5.10. The fraction of sp³-hybridized carbons (Fsp3) is 0.312. The molecule has 1 aromatic heterocycles. The number of nitrogens with one attached hydrogen (secondary N) is 1. The van der Waals surface area contributed by atoms with Crippen molar-refractivity contribution in [3.05, 3.63) is 70.9 Å². The highest BCUT2D eigenvalue weighted by molar-refractivity contribution is 6.18. The number of ketones is 2. The minimum Gasteiger partial charge on any atom is -0.497 e. The minimum absolute atomic E-state index is 0.0364. The maximum absolute atomic E-state index is 13.9. The van der Waals surface area contributed by atoms with E-state index in [0.717, 1.165) is 11.0 Å². The third-order valence-electron chi connectivity index (χ3n) is 7.62. The highest BCUT2D eigenvalue weighted by Gasteiger charge is 2.52. The van der Waals surface area contributed by atoms with Crippen LogP contribution in [0.3, 0.4) is 0 Å². The van der Waals surface area contributed by atoms with Gasteiger partial charge >= 0.3 is 12.1 Å². The molecule has 0 bridgehead atoms. The Morgan fingerprint density at radius 3 is 2.43 bits per heavy atom. The lowest BCUT2D eigenvalue weighted by Crippen LogP contribution is -2.57. The number of fused-ring (bicyclic) bond motifs is 3. The standard InChI is InChI=1S/C32H33N3O9/c1-31(2,3)44-30(40)35-16-26(37)21-14-22(25(36)12-18-7-8-19(42-5)13-27(18)43-6)32(41,29(38)39)34(4)28(21)20-11-17-9-10-33-23(17)15-24(20)35/h7-11,13-15,33,41H,12,16H2,1-6H3,(H,38,39). The quantitative estimate of drug-likeness (QED) is 0.380. The molecule has 3 heterocycles. The molecule has 0 aliphatic carbocycles. The number of aromatic amines is 1. The summed E-state index contributed by atoms with van der Waals surface area (Å²) in [4.78, 5) is 59.2. The van der Waals surface area contributed by atoms with Crippen LogP contribution < -0.4 is 14.4 Å². The van der Waals surface area contributed by atoms with Gasteiger partial charge in [-0.3, -0.25) is 14.5 Å². The molecule has 0 saturated heterocycles. The number of allylic oxidation sites excluding steroid dienone is 1. The summed E-state index contributed by atoms with van der Waals surface area (Å²) < 4.78 is 16.2. The van der Waals surface area contributed by atoms with Crippen LogP contribution in [0.4, 0.5) is 10.5 Å². The van der Waals surface area contributed by atoms with Crippen molar-refractivity contribution in [2.45, 2.75) is 38.5 Å². The van der Waals surface area contributed by atoms with Crippen molar-refractivity contribution in [3.8, 4) is 11.5 Å². The maximum Gasteiger partial charge on any atom is 0.415 e. The van der Waals surface area contributed by atoms with Gasteiger partial charge in [-0.1, -0.05) is 6.07 Å². The first-order valence-electron chi connectivity index (χ1n) is 13.7. The SMILES string of the molecule is COc1ccc(CC(=O)C2=CC3=C(c4cc5cc[nH]c5cc4N(C(=O)OC(C)(C)C)CC3=O)N(C)C2(O)C(=O)O)c(OC)c1. The number of nitrogens with zero attached hydrogens (tertiary/aromatic N) is 2. The molecule has 12 nitrogen and oxygen atoms in total. The minimum atomic E-state index is -2.86. The average Bonchev–Trinajstić information content (AvgIpc) is 3.38. The molecule has 1 unspecified atom stereocenters. The van der Waals surface area contributed by atoms with Crippen LogP contribution in [0, 0.1) is 0 Å². The first-order chi connectivity index (χ1) is 20.7. The van der Waals surface area contributed by atoms with Gasteiger partial charge in [-0.2, -0.15) is 0 Å². The molecule has 0 saturated carbocycles. The molecule has 2 aromatic carbocycles. The van der Waals surface area contributed by atoms with Gasteiger partial charge < -0.3 is 34.3 Å². The van der Waals surface area contributed by atoms with E-state index in [1.165, 1.54) is 26.2 Å². The van der Waals surface area contributed by atoms with Crippen molar-refractivity contribution < 1.29 is 43.6 Å². The zero-order valence-electron chi connectivity index (χ0n) is 25.2. The number of benzene rings is 2. The van der Waals surface area contributed by atoms with Gasteiger partial charge in [-0.05, 0) is 51.1 Å². The molecule has 3 N–H and O–H groups in total. The Balaban J connectivity index is 1.70. The number of rotatable bonds is 6. The smallest absolute Gasteiger partial charge is 0.415 e. The second-order valence-corrected chi connectivity index (χ2v) is 11.6. The lowest BCUT2D eigenvalue weighted by atomic mass is 9.85. The number of aliphatic hydroxyl groups is 1. The molecule has 5 rings (SSSR count). The second kappa shape index (κ2) is 10.9. The Morgan fingerprint density at radius 1 is 1.07 bits per heavy atom. The molecule has 2 aliphatic heterocycles. The maximum atomic E-state index is 13.9. The largest absolute Gasteiger partial charge is 0.497 e. The zero-order valence-corrected chi connectivity index (χ0v) is 25.2. The van der Waals surface area contributed by atoms with Gasteiger partial charge in [-0.25, -0.2) is 9.59 Å². The zero-order chi connectivity index (χ0) is 32.1. The number of aromatic nitrogens is 1. The summed E-state index contributed by atoms with van der Waals surface area (Å²) in [6.45, 7) is 4.63. The number of carbonyl (C=O) groups is 4. The Bertz CT molecular complexity index is 1780. The molecule has 0 fully saturated rings. The number of hydrogen-bond acceptors (Lipinski definition) is 9. The third kappa shape index (κ3) is 5.06. The molecule has 1 atom stereocenters. The first-order valence-corrected chi connectivity index (χ1v) is 13.7. The van der Waals surface area contributed by atoms with Crippen LogP contribution >= 0.6 is 0 Å². The molecule has 2 aliphatic rings. The van der Waals surface area contributed by atoms with Crippen LogP contribution in [0.5, 0.6) is 11.5 Å². The van der Waals surface area contributed by atoms with Crippen LogP contribution in [0.15, 0.2) is 59.8 Å². The van der Waals surface area contributed by atoms with Gasteiger partial charge in [-0.15, -0.1) is 0 Å². The summed E-state index contributed by atoms with van der Waals surface area (Å²) >= 11 is 0. The lowest BCUT2D eigenvalue weighted by Gasteiger charge is -2.41. The van der Waals surface area contributed by atoms with Gasteiger partial charge in [0.1, 0.15) is 17.1 Å². The summed E-state index contributed by atoms with van der Waals surface area (Å²) in [7, 11) is 4.19. The van der Waals surface area contributed by atoms with E-state index in [9.17, 15) is 29.4 Å². The summed E-state index contributed by atoms with van der Waals surface area (Å²) in [6, 6.07) is 9.92. The van der Waals surface area contributed by atoms with E-state index in [2.05, 4.69) is 4.98 Å². The predicted octanol–water partition coefficient (Wildman–Crippen LogP) is 3.68. The molecule has 1 amide bonds. The van der Waals surface area contributed by atoms with E-state index < -0.39 is 47.1 Å². The van der Waals surface area contributed by atoms with Crippen LogP contribution in [0.1, 0.15) is 31.9 Å². The lowest BCUT2D eigenvalue weighted by molar-refractivity contribution is -0.168. The number of carboxylic acids is 1. The van der Waals surface area contributed by atoms with Crippen molar-refractivity contribution in [1.82, 2.24) is 9.88 Å². The number of Topliss-reactive ketones (excluding diaryl/α,β-unsaturated/α-hetero) is 2. The molecular formula is C32H33N3O9. The number of aliphatic carboxylic acids is 1. The van der Waals surface area contributed by atoms with E-state index in [1.54, 1.807) is 63.4 Å². The van der Waals surface area contributed by atoms with Crippen LogP contribution in [0.25, 0.3) is 16.6 Å². The van der Waals surface area contributed by atoms with Gasteiger partial charge in [0.05, 0.1) is 37.7 Å². The number of anilines is 1. The molecule has 230 valence electrons. The van der Waals surface area contributed by atoms with Crippen molar-refractivity contribution in [2.75, 3.05) is 32.7 Å². The molecule has 12 heteroatoms. The van der Waals surface area contributed by atoms with E-state index in [0.29, 0.717) is 33.5 Å². The van der Waals surface area contributed by atoms with Crippen molar-refractivity contribution >= 4 is 45.9 Å². The number of likely N-dealkylation sites (N-methyl/N-ethyl adjacent to an activating group) is 1. The summed E-state index contributed by atoms with van der Waals surface area (Å²) in [5.41, 5.74) is -2.62. The van der Waals surface area contributed by atoms with Crippen LogP contribution in [-0.4, -0.2) is 82.9 Å². The average molecular weight is 604 g/mol. The number of ether oxygens (including phenoxy) is 3. The monoisotopic (exact) mass is 603 g/mol. The van der Waals surface area contributed by atoms with Crippen LogP contribution in [0.2, 0.25) is 0 Å².